The van der Waals surface area contributed by atoms with Gasteiger partial charge in [-0.3, -0.25) is 4.79 Å². The molecule has 1 rings (SSSR count). The van der Waals surface area contributed by atoms with E-state index in [1.807, 2.05) is 0 Å². The molecule has 0 amide bonds. The number of halogens is 6. The van der Waals surface area contributed by atoms with E-state index < -0.39 is 36.8 Å². The molecular weight excluding hydrogens is 392 g/mol. The van der Waals surface area contributed by atoms with Crippen molar-refractivity contribution in [2.24, 2.45) is 0 Å². The predicted octanol–water partition coefficient (Wildman–Crippen LogP) is 3.15. The van der Waals surface area contributed by atoms with Gasteiger partial charge in [-0.15, -0.1) is 13.2 Å². The van der Waals surface area contributed by atoms with Gasteiger partial charge in [0.2, 0.25) is 5.88 Å². The van der Waals surface area contributed by atoms with E-state index in [-0.39, 0.29) is 9.13 Å². The fourth-order valence-electron chi connectivity index (χ4n) is 1.20. The van der Waals surface area contributed by atoms with Crippen LogP contribution >= 0.6 is 22.6 Å². The van der Waals surface area contributed by atoms with Gasteiger partial charge in [0.05, 0.1) is 9.99 Å². The molecular formula is C9H5F5INO3. The summed E-state index contributed by atoms with van der Waals surface area (Å²) in [4.78, 5) is 13.5. The highest BCUT2D eigenvalue weighted by Gasteiger charge is 2.33. The number of hydrogen-bond donors (Lipinski definition) is 1. The molecule has 0 atom stereocenters. The molecule has 106 valence electrons. The van der Waals surface area contributed by atoms with Crippen molar-refractivity contribution in [1.82, 2.24) is 4.98 Å². The summed E-state index contributed by atoms with van der Waals surface area (Å²) in [5.41, 5.74) is -1.40. The Morgan fingerprint density at radius 3 is 2.47 bits per heavy atom. The molecule has 4 nitrogen and oxygen atoms in total. The monoisotopic (exact) mass is 397 g/mol. The summed E-state index contributed by atoms with van der Waals surface area (Å²) in [6, 6.07) is 0.879. The molecule has 0 bridgehead atoms. The van der Waals surface area contributed by atoms with E-state index in [9.17, 15) is 26.7 Å². The lowest BCUT2D eigenvalue weighted by Crippen LogP contribution is -2.20. The molecule has 0 unspecified atom stereocenters. The minimum Gasteiger partial charge on any atom is -0.481 e. The van der Waals surface area contributed by atoms with Gasteiger partial charge >= 0.3 is 12.3 Å². The molecule has 0 spiro atoms. The third-order valence-corrected chi connectivity index (χ3v) is 2.59. The van der Waals surface area contributed by atoms with E-state index in [1.54, 1.807) is 0 Å². The van der Waals surface area contributed by atoms with Crippen LogP contribution in [-0.2, 0) is 11.2 Å². The van der Waals surface area contributed by atoms with Crippen LogP contribution in [0.15, 0.2) is 6.07 Å². The van der Waals surface area contributed by atoms with Crippen LogP contribution in [0.1, 0.15) is 17.7 Å². The van der Waals surface area contributed by atoms with Crippen molar-refractivity contribution >= 4 is 28.6 Å². The molecule has 1 N–H and O–H groups in total. The Balaban J connectivity index is 3.24. The van der Waals surface area contributed by atoms with E-state index >= 15 is 0 Å². The minimum atomic E-state index is -5.07. The van der Waals surface area contributed by atoms with Crippen molar-refractivity contribution in [3.05, 3.63) is 20.9 Å². The number of nitrogens with zero attached hydrogens (tertiary/aromatic N) is 1. The summed E-state index contributed by atoms with van der Waals surface area (Å²) < 4.78 is 64.6. The minimum absolute atomic E-state index is 0.212. The fraction of sp³-hybridized carbons (Fsp3) is 0.333. The lowest BCUT2D eigenvalue weighted by molar-refractivity contribution is -0.276. The summed E-state index contributed by atoms with van der Waals surface area (Å²) in [5, 5.41) is 8.53. The lowest BCUT2D eigenvalue weighted by Gasteiger charge is -2.13. The maximum Gasteiger partial charge on any atom is 0.574 e. The number of carboxylic acid groups (broad SMARTS) is 1. The first-order valence-electron chi connectivity index (χ1n) is 4.55. The number of rotatable bonds is 4. The smallest absolute Gasteiger partial charge is 0.481 e. The van der Waals surface area contributed by atoms with E-state index in [0.717, 1.165) is 6.07 Å². The third kappa shape index (κ3) is 4.76. The number of carbonyl (C=O) groups is 1. The summed E-state index contributed by atoms with van der Waals surface area (Å²) >= 11 is 1.39. The first kappa shape index (κ1) is 15.9. The van der Waals surface area contributed by atoms with Crippen molar-refractivity contribution in [2.45, 2.75) is 19.2 Å². The summed E-state index contributed by atoms with van der Waals surface area (Å²) in [6.45, 7) is 0. The van der Waals surface area contributed by atoms with Gasteiger partial charge in [0.1, 0.15) is 5.69 Å². The quantitative estimate of drug-likeness (QED) is 0.627. The van der Waals surface area contributed by atoms with Crippen molar-refractivity contribution in [2.75, 3.05) is 0 Å². The summed E-state index contributed by atoms with van der Waals surface area (Å²) in [5.74, 6) is -2.43. The summed E-state index contributed by atoms with van der Waals surface area (Å²) in [7, 11) is 0. The first-order chi connectivity index (χ1) is 8.60. The molecule has 1 heterocycles. The Hall–Kier alpha value is -1.20. The van der Waals surface area contributed by atoms with Crippen LogP contribution in [0.25, 0.3) is 0 Å². The van der Waals surface area contributed by atoms with Gasteiger partial charge in [-0.2, -0.15) is 0 Å². The van der Waals surface area contributed by atoms with E-state index in [2.05, 4.69) is 9.72 Å². The molecule has 1 aromatic heterocycles. The molecule has 0 fully saturated rings. The SMILES string of the molecule is O=C(O)Cc1cc(I)c(OC(F)(F)F)nc1C(F)F. The van der Waals surface area contributed by atoms with Crippen molar-refractivity contribution in [3.8, 4) is 5.88 Å². The maximum absolute atomic E-state index is 12.6. The zero-order valence-electron chi connectivity index (χ0n) is 8.84. The molecule has 0 aliphatic rings. The number of hydrogen-bond acceptors (Lipinski definition) is 3. The zero-order valence-corrected chi connectivity index (χ0v) is 11.0. The van der Waals surface area contributed by atoms with Gasteiger partial charge in [-0.25, -0.2) is 13.8 Å². The molecule has 0 saturated carbocycles. The topological polar surface area (TPSA) is 59.4 Å². The molecule has 10 heteroatoms. The van der Waals surface area contributed by atoms with Crippen LogP contribution in [0.2, 0.25) is 0 Å². The Kier molecular flexibility index (Phi) is 4.87. The van der Waals surface area contributed by atoms with Gasteiger partial charge in [0, 0.05) is 0 Å². The molecule has 0 saturated heterocycles. The molecule has 0 radical (unpaired) electrons. The van der Waals surface area contributed by atoms with Crippen molar-refractivity contribution < 1.29 is 36.6 Å². The average Bonchev–Trinajstić information content (AvgIpc) is 2.18. The zero-order chi connectivity index (χ0) is 14.8. The van der Waals surface area contributed by atoms with Gasteiger partial charge in [0.15, 0.2) is 0 Å². The number of aliphatic carboxylic acids is 1. The van der Waals surface area contributed by atoms with Gasteiger partial charge in [-0.05, 0) is 34.2 Å². The molecule has 19 heavy (non-hydrogen) atoms. The lowest BCUT2D eigenvalue weighted by atomic mass is 10.1. The van der Waals surface area contributed by atoms with E-state index in [1.165, 1.54) is 22.6 Å². The standard InChI is InChI=1S/C9H5F5INO3/c10-7(11)6-3(2-5(17)18)1-4(15)8(16-6)19-9(12,13)14/h1,7H,2H2,(H,17,18). The predicted molar refractivity (Wildman–Crippen MR) is 59.9 cm³/mol. The van der Waals surface area contributed by atoms with E-state index in [4.69, 9.17) is 5.11 Å². The maximum atomic E-state index is 12.6. The number of aromatic nitrogens is 1. The van der Waals surface area contributed by atoms with Gasteiger partial charge in [-0.1, -0.05) is 0 Å². The number of pyridine rings is 1. The number of alkyl halides is 5. The van der Waals surface area contributed by atoms with Crippen LogP contribution in [0.4, 0.5) is 22.0 Å². The van der Waals surface area contributed by atoms with Crippen molar-refractivity contribution in [1.29, 1.82) is 0 Å². The van der Waals surface area contributed by atoms with Crippen LogP contribution in [0.5, 0.6) is 5.88 Å². The van der Waals surface area contributed by atoms with Crippen molar-refractivity contribution in [3.63, 3.8) is 0 Å². The van der Waals surface area contributed by atoms with Crippen LogP contribution in [-0.4, -0.2) is 22.4 Å². The molecule has 0 aliphatic carbocycles. The van der Waals surface area contributed by atoms with Gasteiger partial charge in [0.25, 0.3) is 6.43 Å². The summed E-state index contributed by atoms with van der Waals surface area (Å²) in [6.07, 6.45) is -9.04. The van der Waals surface area contributed by atoms with Crippen LogP contribution in [0, 0.1) is 3.57 Å². The largest absolute Gasteiger partial charge is 0.574 e. The molecule has 1 aromatic rings. The number of ether oxygens (including phenoxy) is 1. The second-order valence-electron chi connectivity index (χ2n) is 3.24. The second-order valence-corrected chi connectivity index (χ2v) is 4.40. The highest BCUT2D eigenvalue weighted by molar-refractivity contribution is 14.1. The number of carboxylic acids is 1. The Labute approximate surface area is 116 Å². The normalized spacial score (nSPS) is 11.7. The Bertz CT molecular complexity index is 491. The Morgan fingerprint density at radius 2 is 2.05 bits per heavy atom. The molecule has 0 aromatic carbocycles. The second kappa shape index (κ2) is 5.84. The highest BCUT2D eigenvalue weighted by Crippen LogP contribution is 2.31. The van der Waals surface area contributed by atoms with Crippen LogP contribution < -0.4 is 4.74 Å². The fourth-order valence-corrected chi connectivity index (χ4v) is 1.80. The van der Waals surface area contributed by atoms with Gasteiger partial charge < -0.3 is 9.84 Å². The third-order valence-electron chi connectivity index (χ3n) is 1.82. The highest BCUT2D eigenvalue weighted by atomic mass is 127. The van der Waals surface area contributed by atoms with Crippen LogP contribution in [0.3, 0.4) is 0 Å². The average molecular weight is 397 g/mol. The Morgan fingerprint density at radius 1 is 1.47 bits per heavy atom. The molecule has 0 aliphatic heterocycles. The first-order valence-corrected chi connectivity index (χ1v) is 5.63. The van der Waals surface area contributed by atoms with E-state index in [0.29, 0.717) is 0 Å².